The van der Waals surface area contributed by atoms with Crippen molar-refractivity contribution in [3.63, 3.8) is 0 Å². The van der Waals surface area contributed by atoms with E-state index >= 15 is 0 Å². The van der Waals surface area contributed by atoms with Crippen molar-refractivity contribution in [2.24, 2.45) is 5.92 Å². The summed E-state index contributed by atoms with van der Waals surface area (Å²) in [5.74, 6) is 0.394. The number of unbranched alkanes of at least 4 members (excludes halogenated alkanes) is 5. The summed E-state index contributed by atoms with van der Waals surface area (Å²) in [6.45, 7) is 2.99. The molecule has 0 N–H and O–H groups in total. The molecule has 2 atom stereocenters. The molecule has 1 aromatic rings. The van der Waals surface area contributed by atoms with E-state index in [9.17, 15) is 5.26 Å². The van der Waals surface area contributed by atoms with Gasteiger partial charge in [0, 0.05) is 7.05 Å². The predicted octanol–water partition coefficient (Wildman–Crippen LogP) is 4.29. The van der Waals surface area contributed by atoms with Crippen LogP contribution in [0.15, 0.2) is 24.3 Å². The highest BCUT2D eigenvalue weighted by molar-refractivity contribution is 5.61. The smallest absolute Gasteiger partial charge is 0.190 e. The lowest BCUT2D eigenvalue weighted by Gasteiger charge is -2.24. The van der Waals surface area contributed by atoms with Crippen LogP contribution in [0.4, 0.5) is 5.69 Å². The van der Waals surface area contributed by atoms with Gasteiger partial charge in [0.25, 0.3) is 0 Å². The number of benzene rings is 1. The van der Waals surface area contributed by atoms with Gasteiger partial charge in [-0.2, -0.15) is 5.26 Å². The molecule has 5 heteroatoms. The molecule has 24 heavy (non-hydrogen) atoms. The van der Waals surface area contributed by atoms with E-state index in [1.807, 2.05) is 36.2 Å². The average Bonchev–Trinajstić information content (AvgIpc) is 2.94. The maximum atomic E-state index is 9.41. The van der Waals surface area contributed by atoms with Crippen LogP contribution in [0.5, 0.6) is 5.75 Å². The molecule has 1 heterocycles. The van der Waals surface area contributed by atoms with Crippen molar-refractivity contribution in [1.29, 1.82) is 5.26 Å². The quantitative estimate of drug-likeness (QED) is 0.344. The Hall–Kier alpha value is -1.77. The van der Waals surface area contributed by atoms with Crippen molar-refractivity contribution in [3.05, 3.63) is 24.3 Å². The van der Waals surface area contributed by atoms with Crippen LogP contribution in [0.1, 0.15) is 45.4 Å². The maximum Gasteiger partial charge on any atom is 0.190 e. The van der Waals surface area contributed by atoms with Crippen LogP contribution < -0.4 is 9.64 Å². The second-order valence-electron chi connectivity index (χ2n) is 6.20. The number of para-hydroxylation sites is 2. The largest absolute Gasteiger partial charge is 0.467 e. The van der Waals surface area contributed by atoms with Crippen LogP contribution >= 0.6 is 0 Å². The summed E-state index contributed by atoms with van der Waals surface area (Å²) in [5.41, 5.74) is 0.996. The standard InChI is InChI=1S/C19H28N2O3/c1-3-4-5-6-7-10-13-22-23-15-16(14-20)19-21(2)17-11-8-9-12-18(17)24-19/h8-9,11-12,16,19H,3-7,10,13,15H2,1-2H3. The van der Waals surface area contributed by atoms with Gasteiger partial charge >= 0.3 is 0 Å². The van der Waals surface area contributed by atoms with Gasteiger partial charge < -0.3 is 9.64 Å². The molecule has 0 amide bonds. The first-order valence-corrected chi connectivity index (χ1v) is 8.90. The van der Waals surface area contributed by atoms with Crippen LogP contribution in [0.2, 0.25) is 0 Å². The molecule has 0 aromatic heterocycles. The number of ether oxygens (including phenoxy) is 1. The molecule has 5 nitrogen and oxygen atoms in total. The highest BCUT2D eigenvalue weighted by atomic mass is 17.2. The zero-order valence-corrected chi connectivity index (χ0v) is 14.7. The fourth-order valence-corrected chi connectivity index (χ4v) is 2.85. The Morgan fingerprint density at radius 2 is 1.92 bits per heavy atom. The Kier molecular flexibility index (Phi) is 7.87. The normalized spacial score (nSPS) is 17.2. The van der Waals surface area contributed by atoms with E-state index < -0.39 is 5.92 Å². The Morgan fingerprint density at radius 1 is 1.17 bits per heavy atom. The third kappa shape index (κ3) is 5.12. The van der Waals surface area contributed by atoms with Crippen LogP contribution in [-0.4, -0.2) is 26.5 Å². The Labute approximate surface area is 145 Å². The average molecular weight is 332 g/mol. The van der Waals surface area contributed by atoms with Crippen molar-refractivity contribution in [2.75, 3.05) is 25.2 Å². The van der Waals surface area contributed by atoms with E-state index in [4.69, 9.17) is 14.5 Å². The molecular formula is C19H28N2O3. The lowest BCUT2D eigenvalue weighted by atomic mass is 10.1. The number of nitriles is 1. The van der Waals surface area contributed by atoms with Gasteiger partial charge in [-0.1, -0.05) is 51.2 Å². The second kappa shape index (κ2) is 10.2. The van der Waals surface area contributed by atoms with Gasteiger partial charge in [-0.15, -0.1) is 0 Å². The molecule has 2 unspecified atom stereocenters. The van der Waals surface area contributed by atoms with Gasteiger partial charge in [0.1, 0.15) is 18.3 Å². The summed E-state index contributed by atoms with van der Waals surface area (Å²) in [5, 5.41) is 9.41. The van der Waals surface area contributed by atoms with Crippen LogP contribution in [0.3, 0.4) is 0 Å². The summed E-state index contributed by atoms with van der Waals surface area (Å²) in [6, 6.07) is 10.0. The summed E-state index contributed by atoms with van der Waals surface area (Å²) in [7, 11) is 1.93. The third-order valence-electron chi connectivity index (χ3n) is 4.30. The lowest BCUT2D eigenvalue weighted by molar-refractivity contribution is -0.301. The minimum absolute atomic E-state index is 0.204. The van der Waals surface area contributed by atoms with Crippen LogP contribution in [0, 0.1) is 17.2 Å². The van der Waals surface area contributed by atoms with Gasteiger partial charge in [0.05, 0.1) is 18.4 Å². The molecule has 0 aliphatic carbocycles. The highest BCUT2D eigenvalue weighted by Gasteiger charge is 2.35. The number of hydrogen-bond acceptors (Lipinski definition) is 5. The Balaban J connectivity index is 1.64. The first-order valence-electron chi connectivity index (χ1n) is 8.90. The third-order valence-corrected chi connectivity index (χ3v) is 4.30. The van der Waals surface area contributed by atoms with Gasteiger partial charge in [-0.3, -0.25) is 0 Å². The first kappa shape index (κ1) is 18.6. The zero-order chi connectivity index (χ0) is 17.2. The minimum Gasteiger partial charge on any atom is -0.467 e. The van der Waals surface area contributed by atoms with Crippen LogP contribution in [-0.2, 0) is 9.78 Å². The SMILES string of the molecule is CCCCCCCCOOCC(C#N)C1Oc2ccccc2N1C. The minimum atomic E-state index is -0.410. The molecule has 0 saturated carbocycles. The lowest BCUT2D eigenvalue weighted by Crippen LogP contribution is -2.39. The monoisotopic (exact) mass is 332 g/mol. The number of hydrogen-bond donors (Lipinski definition) is 0. The number of fused-ring (bicyclic) bond motifs is 1. The van der Waals surface area contributed by atoms with E-state index in [-0.39, 0.29) is 12.8 Å². The van der Waals surface area contributed by atoms with Crippen LogP contribution in [0.25, 0.3) is 0 Å². The molecule has 132 valence electrons. The summed E-state index contributed by atoms with van der Waals surface area (Å²) < 4.78 is 5.87. The number of rotatable bonds is 11. The molecule has 1 aliphatic heterocycles. The molecule has 0 saturated heterocycles. The van der Waals surface area contributed by atoms with Gasteiger partial charge in [0.2, 0.25) is 0 Å². The molecule has 2 rings (SSSR count). The molecule has 1 aliphatic rings. The van der Waals surface area contributed by atoms with Crippen molar-refractivity contribution in [1.82, 2.24) is 0 Å². The molecule has 1 aromatic carbocycles. The number of anilines is 1. The van der Waals surface area contributed by atoms with Crippen molar-refractivity contribution in [2.45, 2.75) is 51.7 Å². The van der Waals surface area contributed by atoms with E-state index in [1.165, 1.54) is 25.7 Å². The fourth-order valence-electron chi connectivity index (χ4n) is 2.85. The Bertz CT molecular complexity index is 530. The second-order valence-corrected chi connectivity index (χ2v) is 6.20. The Morgan fingerprint density at radius 3 is 2.67 bits per heavy atom. The van der Waals surface area contributed by atoms with Crippen molar-refractivity contribution < 1.29 is 14.5 Å². The van der Waals surface area contributed by atoms with Gasteiger partial charge in [-0.25, -0.2) is 9.78 Å². The molecule has 0 radical (unpaired) electrons. The van der Waals surface area contributed by atoms with E-state index in [2.05, 4.69) is 13.0 Å². The predicted molar refractivity (Wildman–Crippen MR) is 93.6 cm³/mol. The molecule has 0 spiro atoms. The first-order chi connectivity index (χ1) is 11.8. The maximum absolute atomic E-state index is 9.41. The number of nitrogens with zero attached hydrogens (tertiary/aromatic N) is 2. The fraction of sp³-hybridized carbons (Fsp3) is 0.632. The topological polar surface area (TPSA) is 54.7 Å². The summed E-state index contributed by atoms with van der Waals surface area (Å²) >= 11 is 0. The van der Waals surface area contributed by atoms with E-state index in [0.717, 1.165) is 24.3 Å². The van der Waals surface area contributed by atoms with Gasteiger partial charge in [-0.05, 0) is 18.6 Å². The van der Waals surface area contributed by atoms with Gasteiger partial charge in [0.15, 0.2) is 6.23 Å². The van der Waals surface area contributed by atoms with Crippen molar-refractivity contribution in [3.8, 4) is 11.8 Å². The molecule has 0 bridgehead atoms. The van der Waals surface area contributed by atoms with E-state index in [0.29, 0.717) is 6.61 Å². The molecular weight excluding hydrogens is 304 g/mol. The highest BCUT2D eigenvalue weighted by Crippen LogP contribution is 2.37. The van der Waals surface area contributed by atoms with E-state index in [1.54, 1.807) is 0 Å². The summed E-state index contributed by atoms with van der Waals surface area (Å²) in [6.07, 6.45) is 6.91. The summed E-state index contributed by atoms with van der Waals surface area (Å²) in [4.78, 5) is 12.4. The zero-order valence-electron chi connectivity index (χ0n) is 14.7. The molecule has 0 fully saturated rings. The van der Waals surface area contributed by atoms with Crippen molar-refractivity contribution >= 4 is 5.69 Å².